The van der Waals surface area contributed by atoms with Crippen molar-refractivity contribution < 1.29 is 22.7 Å². The van der Waals surface area contributed by atoms with E-state index in [2.05, 4.69) is 5.32 Å². The van der Waals surface area contributed by atoms with E-state index in [0.29, 0.717) is 31.2 Å². The Hall–Kier alpha value is -2.40. The molecule has 4 rings (SSSR count). The minimum atomic E-state index is -3.73. The van der Waals surface area contributed by atoms with E-state index in [0.717, 1.165) is 10.5 Å². The Balaban J connectivity index is 1.59. The lowest BCUT2D eigenvalue weighted by molar-refractivity contribution is -0.125. The van der Waals surface area contributed by atoms with Crippen molar-refractivity contribution in [3.05, 3.63) is 54.1 Å². The van der Waals surface area contributed by atoms with E-state index in [1.165, 1.54) is 27.0 Å². The number of thioether (sulfide) groups is 1. The minimum absolute atomic E-state index is 0.112. The van der Waals surface area contributed by atoms with E-state index in [4.69, 9.17) is 4.74 Å². The number of hydrogen-bond donors (Lipinski definition) is 1. The molecule has 0 bridgehead atoms. The van der Waals surface area contributed by atoms with Crippen molar-refractivity contribution in [2.24, 2.45) is 5.92 Å². The topological polar surface area (TPSA) is 96.0 Å². The highest BCUT2D eigenvalue weighted by molar-refractivity contribution is 7.99. The van der Waals surface area contributed by atoms with Crippen molar-refractivity contribution in [1.82, 2.24) is 9.62 Å². The van der Waals surface area contributed by atoms with E-state index in [1.54, 1.807) is 12.1 Å². The predicted molar refractivity (Wildman–Crippen MR) is 127 cm³/mol. The van der Waals surface area contributed by atoms with Gasteiger partial charge in [0.1, 0.15) is 6.54 Å². The second-order valence-electron chi connectivity index (χ2n) is 8.04. The van der Waals surface area contributed by atoms with Crippen molar-refractivity contribution in [2.75, 3.05) is 43.5 Å². The maximum Gasteiger partial charge on any atom is 0.243 e. The van der Waals surface area contributed by atoms with Gasteiger partial charge in [0.05, 0.1) is 23.8 Å². The fourth-order valence-corrected chi connectivity index (χ4v) is 6.24. The Bertz CT molecular complexity index is 1120. The molecule has 0 saturated carbocycles. The van der Waals surface area contributed by atoms with Gasteiger partial charge in [0.25, 0.3) is 0 Å². The molecule has 176 valence electrons. The zero-order valence-corrected chi connectivity index (χ0v) is 20.0. The SMILES string of the molecule is CC1CSc2ccc(S(=O)(=O)N3CCOCC3)cc2N(CC(=O)NCc2ccccc2)C1=O. The molecule has 2 aliphatic heterocycles. The van der Waals surface area contributed by atoms with Crippen LogP contribution in [0.3, 0.4) is 0 Å². The van der Waals surface area contributed by atoms with Crippen LogP contribution in [0.1, 0.15) is 12.5 Å². The standard InChI is InChI=1S/C23H27N3O5S2/c1-17-16-32-21-8-7-19(33(29,30)25-9-11-31-12-10-25)13-20(21)26(23(17)28)15-22(27)24-14-18-5-3-2-4-6-18/h2-8,13,17H,9-12,14-16H2,1H3,(H,24,27). The molecule has 2 aromatic carbocycles. The molecule has 0 spiro atoms. The predicted octanol–water partition coefficient (Wildman–Crippen LogP) is 2.10. The average molecular weight is 490 g/mol. The summed E-state index contributed by atoms with van der Waals surface area (Å²) in [7, 11) is -3.73. The molecule has 1 fully saturated rings. The van der Waals surface area contributed by atoms with Crippen molar-refractivity contribution in [1.29, 1.82) is 0 Å². The highest BCUT2D eigenvalue weighted by Crippen LogP contribution is 2.38. The summed E-state index contributed by atoms with van der Waals surface area (Å²) in [6.45, 7) is 3.27. The lowest BCUT2D eigenvalue weighted by Gasteiger charge is -2.27. The maximum atomic E-state index is 13.2. The number of carbonyl (C=O) groups is 2. The number of anilines is 1. The zero-order valence-electron chi connectivity index (χ0n) is 18.4. The molecular formula is C23H27N3O5S2. The third kappa shape index (κ3) is 5.40. The first-order valence-electron chi connectivity index (χ1n) is 10.8. The summed E-state index contributed by atoms with van der Waals surface area (Å²) >= 11 is 1.49. The molecule has 8 nitrogen and oxygen atoms in total. The number of fused-ring (bicyclic) bond motifs is 1. The van der Waals surface area contributed by atoms with Crippen LogP contribution in [0.2, 0.25) is 0 Å². The van der Waals surface area contributed by atoms with E-state index in [9.17, 15) is 18.0 Å². The van der Waals surface area contributed by atoms with Crippen molar-refractivity contribution in [2.45, 2.75) is 23.3 Å². The van der Waals surface area contributed by atoms with E-state index >= 15 is 0 Å². The number of rotatable bonds is 6. The fourth-order valence-electron chi connectivity index (χ4n) is 3.76. The first kappa shape index (κ1) is 23.7. The number of carbonyl (C=O) groups excluding carboxylic acids is 2. The highest BCUT2D eigenvalue weighted by atomic mass is 32.2. The molecule has 33 heavy (non-hydrogen) atoms. The molecule has 2 amide bonds. The first-order valence-corrected chi connectivity index (χ1v) is 13.3. The van der Waals surface area contributed by atoms with E-state index in [-0.39, 0.29) is 42.3 Å². The first-order chi connectivity index (χ1) is 15.9. The highest BCUT2D eigenvalue weighted by Gasteiger charge is 2.32. The quantitative estimate of drug-likeness (QED) is 0.668. The Morgan fingerprint density at radius 1 is 1.15 bits per heavy atom. The number of nitrogens with one attached hydrogen (secondary N) is 1. The van der Waals surface area contributed by atoms with Crippen LogP contribution < -0.4 is 10.2 Å². The summed E-state index contributed by atoms with van der Waals surface area (Å²) in [5.74, 6) is -0.247. The van der Waals surface area contributed by atoms with Crippen LogP contribution in [0.4, 0.5) is 5.69 Å². The molecule has 1 atom stereocenters. The zero-order chi connectivity index (χ0) is 23.4. The van der Waals surface area contributed by atoms with Crippen LogP contribution in [0, 0.1) is 5.92 Å². The summed E-state index contributed by atoms with van der Waals surface area (Å²) in [6.07, 6.45) is 0. The minimum Gasteiger partial charge on any atom is -0.379 e. The van der Waals surface area contributed by atoms with Crippen molar-refractivity contribution >= 4 is 39.3 Å². The Morgan fingerprint density at radius 2 is 1.88 bits per heavy atom. The van der Waals surface area contributed by atoms with Gasteiger partial charge in [0, 0.05) is 36.2 Å². The summed E-state index contributed by atoms with van der Waals surface area (Å²) in [6, 6.07) is 14.3. The number of amides is 2. The van der Waals surface area contributed by atoms with Gasteiger partial charge in [-0.25, -0.2) is 8.42 Å². The number of morpholine rings is 1. The molecule has 10 heteroatoms. The van der Waals surface area contributed by atoms with Crippen LogP contribution in [0.15, 0.2) is 58.3 Å². The summed E-state index contributed by atoms with van der Waals surface area (Å²) in [5, 5.41) is 2.85. The van der Waals surface area contributed by atoms with Crippen LogP contribution in [-0.4, -0.2) is 63.1 Å². The summed E-state index contributed by atoms with van der Waals surface area (Å²) < 4.78 is 33.0. The smallest absolute Gasteiger partial charge is 0.243 e. The van der Waals surface area contributed by atoms with Crippen LogP contribution >= 0.6 is 11.8 Å². The summed E-state index contributed by atoms with van der Waals surface area (Å²) in [5.41, 5.74) is 1.41. The average Bonchev–Trinajstić information content (AvgIpc) is 2.95. The van der Waals surface area contributed by atoms with Gasteiger partial charge in [0.15, 0.2) is 0 Å². The van der Waals surface area contributed by atoms with Crippen LogP contribution in [0.25, 0.3) is 0 Å². The molecule has 0 aliphatic carbocycles. The fraction of sp³-hybridized carbons (Fsp3) is 0.391. The van der Waals surface area contributed by atoms with Gasteiger partial charge in [-0.05, 0) is 23.8 Å². The molecule has 0 aromatic heterocycles. The molecule has 0 radical (unpaired) electrons. The van der Waals surface area contributed by atoms with Crippen LogP contribution in [0.5, 0.6) is 0 Å². The van der Waals surface area contributed by atoms with Crippen molar-refractivity contribution in [3.63, 3.8) is 0 Å². The number of nitrogens with zero attached hydrogens (tertiary/aromatic N) is 2. The van der Waals surface area contributed by atoms with E-state index in [1.807, 2.05) is 37.3 Å². The number of sulfonamides is 1. The third-order valence-corrected chi connectivity index (χ3v) is 8.86. The molecule has 2 aliphatic rings. The van der Waals surface area contributed by atoms with Gasteiger partial charge in [-0.15, -0.1) is 11.8 Å². The monoisotopic (exact) mass is 489 g/mol. The molecule has 2 aromatic rings. The van der Waals surface area contributed by atoms with Gasteiger partial charge in [0.2, 0.25) is 21.8 Å². The second-order valence-corrected chi connectivity index (χ2v) is 11.0. The van der Waals surface area contributed by atoms with Gasteiger partial charge < -0.3 is 15.0 Å². The molecule has 2 heterocycles. The number of benzene rings is 2. The van der Waals surface area contributed by atoms with Gasteiger partial charge >= 0.3 is 0 Å². The second kappa shape index (κ2) is 10.3. The molecule has 1 N–H and O–H groups in total. The Morgan fingerprint density at radius 3 is 2.61 bits per heavy atom. The van der Waals surface area contributed by atoms with Gasteiger partial charge in [-0.1, -0.05) is 37.3 Å². The summed E-state index contributed by atoms with van der Waals surface area (Å²) in [4.78, 5) is 28.2. The Labute approximate surface area is 198 Å². The van der Waals surface area contributed by atoms with Crippen LogP contribution in [-0.2, 0) is 30.9 Å². The molecule has 1 saturated heterocycles. The lowest BCUT2D eigenvalue weighted by Crippen LogP contribution is -2.43. The molecule has 1 unspecified atom stereocenters. The third-order valence-electron chi connectivity index (χ3n) is 5.64. The number of hydrogen-bond acceptors (Lipinski definition) is 6. The normalized spacial score (nSPS) is 19.6. The maximum absolute atomic E-state index is 13.2. The largest absolute Gasteiger partial charge is 0.379 e. The van der Waals surface area contributed by atoms with Gasteiger partial charge in [-0.3, -0.25) is 9.59 Å². The van der Waals surface area contributed by atoms with Gasteiger partial charge in [-0.2, -0.15) is 4.31 Å². The number of ether oxygens (including phenoxy) is 1. The van der Waals surface area contributed by atoms with E-state index < -0.39 is 10.0 Å². The van der Waals surface area contributed by atoms with Crippen molar-refractivity contribution in [3.8, 4) is 0 Å². The lowest BCUT2D eigenvalue weighted by atomic mass is 10.1. The molecular weight excluding hydrogens is 462 g/mol. The Kier molecular flexibility index (Phi) is 7.38.